The Morgan fingerprint density at radius 2 is 2.00 bits per heavy atom. The predicted octanol–water partition coefficient (Wildman–Crippen LogP) is 1.67. The molecule has 21 heavy (non-hydrogen) atoms. The Labute approximate surface area is 127 Å². The van der Waals surface area contributed by atoms with Crippen molar-refractivity contribution in [2.24, 2.45) is 5.41 Å². The SMILES string of the molecule is COc1ccc(C)cc1S(=O)(=O)NCC1(C)CCNCC1. The van der Waals surface area contributed by atoms with E-state index in [1.165, 1.54) is 7.11 Å². The second-order valence-electron chi connectivity index (χ2n) is 6.04. The first kappa shape index (κ1) is 16.3. The van der Waals surface area contributed by atoms with E-state index in [0.29, 0.717) is 12.3 Å². The molecule has 1 heterocycles. The third-order valence-electron chi connectivity index (χ3n) is 4.11. The largest absolute Gasteiger partial charge is 0.495 e. The maximum atomic E-state index is 12.5. The number of hydrogen-bond donors (Lipinski definition) is 2. The Balaban J connectivity index is 2.17. The molecule has 1 fully saturated rings. The normalized spacial score (nSPS) is 18.4. The van der Waals surface area contributed by atoms with Crippen molar-refractivity contribution in [2.75, 3.05) is 26.7 Å². The van der Waals surface area contributed by atoms with E-state index >= 15 is 0 Å². The van der Waals surface area contributed by atoms with Crippen molar-refractivity contribution in [2.45, 2.75) is 31.6 Å². The van der Waals surface area contributed by atoms with Crippen LogP contribution in [0.3, 0.4) is 0 Å². The fourth-order valence-electron chi connectivity index (χ4n) is 2.55. The molecular formula is C15H24N2O3S. The van der Waals surface area contributed by atoms with Crippen molar-refractivity contribution in [3.05, 3.63) is 23.8 Å². The van der Waals surface area contributed by atoms with Crippen LogP contribution >= 0.6 is 0 Å². The summed E-state index contributed by atoms with van der Waals surface area (Å²) in [4.78, 5) is 0.211. The van der Waals surface area contributed by atoms with Gasteiger partial charge in [-0.3, -0.25) is 0 Å². The summed E-state index contributed by atoms with van der Waals surface area (Å²) >= 11 is 0. The molecule has 0 aromatic heterocycles. The average molecular weight is 312 g/mol. The molecule has 1 saturated heterocycles. The Bertz CT molecular complexity index is 593. The van der Waals surface area contributed by atoms with Crippen molar-refractivity contribution in [3.63, 3.8) is 0 Å². The number of rotatable bonds is 5. The van der Waals surface area contributed by atoms with Gasteiger partial charge in [-0.25, -0.2) is 13.1 Å². The van der Waals surface area contributed by atoms with Crippen molar-refractivity contribution >= 4 is 10.0 Å². The smallest absolute Gasteiger partial charge is 0.244 e. The van der Waals surface area contributed by atoms with Crippen molar-refractivity contribution < 1.29 is 13.2 Å². The molecule has 6 heteroatoms. The van der Waals surface area contributed by atoms with Crippen molar-refractivity contribution in [3.8, 4) is 5.75 Å². The van der Waals surface area contributed by atoms with Gasteiger partial charge >= 0.3 is 0 Å². The number of benzene rings is 1. The fraction of sp³-hybridized carbons (Fsp3) is 0.600. The summed E-state index contributed by atoms with van der Waals surface area (Å²) in [5.74, 6) is 0.378. The number of piperidine rings is 1. The van der Waals surface area contributed by atoms with E-state index < -0.39 is 10.0 Å². The molecule has 0 bridgehead atoms. The van der Waals surface area contributed by atoms with Crippen LogP contribution in [-0.4, -0.2) is 35.2 Å². The minimum atomic E-state index is -3.56. The fourth-order valence-corrected chi connectivity index (χ4v) is 4.00. The minimum Gasteiger partial charge on any atom is -0.495 e. The maximum absolute atomic E-state index is 12.5. The third-order valence-corrected chi connectivity index (χ3v) is 5.53. The highest BCUT2D eigenvalue weighted by molar-refractivity contribution is 7.89. The second kappa shape index (κ2) is 6.34. The molecule has 0 aliphatic carbocycles. The summed E-state index contributed by atoms with van der Waals surface area (Å²) in [6.45, 7) is 6.32. The molecule has 1 aromatic rings. The molecule has 2 N–H and O–H groups in total. The number of ether oxygens (including phenoxy) is 1. The summed E-state index contributed by atoms with van der Waals surface area (Å²) in [7, 11) is -2.07. The lowest BCUT2D eigenvalue weighted by Gasteiger charge is -2.34. The van der Waals surface area contributed by atoms with E-state index in [9.17, 15) is 8.42 Å². The Hall–Kier alpha value is -1.11. The molecule has 1 aromatic carbocycles. The lowest BCUT2D eigenvalue weighted by molar-refractivity contribution is 0.232. The van der Waals surface area contributed by atoms with Crippen LogP contribution in [0.15, 0.2) is 23.1 Å². The summed E-state index contributed by atoms with van der Waals surface area (Å²) in [5, 5.41) is 3.30. The highest BCUT2D eigenvalue weighted by atomic mass is 32.2. The summed E-state index contributed by atoms with van der Waals surface area (Å²) in [5.41, 5.74) is 0.902. The molecule has 0 spiro atoms. The van der Waals surface area contributed by atoms with Crippen molar-refractivity contribution in [1.29, 1.82) is 0 Å². The van der Waals surface area contributed by atoms with Crippen molar-refractivity contribution in [1.82, 2.24) is 10.0 Å². The average Bonchev–Trinajstić information content (AvgIpc) is 2.46. The van der Waals surface area contributed by atoms with E-state index in [1.54, 1.807) is 12.1 Å². The number of hydrogen-bond acceptors (Lipinski definition) is 4. The van der Waals surface area contributed by atoms with Gasteiger partial charge in [0, 0.05) is 6.54 Å². The lowest BCUT2D eigenvalue weighted by Crippen LogP contribution is -2.42. The summed E-state index contributed by atoms with van der Waals surface area (Å²) < 4.78 is 33.0. The van der Waals surface area contributed by atoms with Gasteiger partial charge in [-0.15, -0.1) is 0 Å². The number of nitrogens with one attached hydrogen (secondary N) is 2. The summed E-state index contributed by atoms with van der Waals surface area (Å²) in [6, 6.07) is 5.17. The molecule has 0 radical (unpaired) electrons. The first-order valence-corrected chi connectivity index (χ1v) is 8.70. The van der Waals surface area contributed by atoms with Crippen LogP contribution in [0.25, 0.3) is 0 Å². The van der Waals surface area contributed by atoms with Gasteiger partial charge in [0.25, 0.3) is 0 Å². The molecule has 0 saturated carbocycles. The molecular weight excluding hydrogens is 288 g/mol. The first-order chi connectivity index (χ1) is 9.86. The monoisotopic (exact) mass is 312 g/mol. The number of sulfonamides is 1. The third kappa shape index (κ3) is 3.96. The van der Waals surface area contributed by atoms with E-state index in [2.05, 4.69) is 17.0 Å². The zero-order valence-electron chi connectivity index (χ0n) is 12.9. The van der Waals surface area contributed by atoms with Crippen LogP contribution in [0, 0.1) is 12.3 Å². The lowest BCUT2D eigenvalue weighted by atomic mass is 9.81. The first-order valence-electron chi connectivity index (χ1n) is 7.21. The maximum Gasteiger partial charge on any atom is 0.244 e. The van der Waals surface area contributed by atoms with Gasteiger partial charge in [-0.2, -0.15) is 0 Å². The van der Waals surface area contributed by atoms with Crippen LogP contribution < -0.4 is 14.8 Å². The number of aryl methyl sites for hydroxylation is 1. The Morgan fingerprint density at radius 1 is 1.33 bits per heavy atom. The van der Waals surface area contributed by atoms with Gasteiger partial charge in [0.15, 0.2) is 0 Å². The Kier molecular flexibility index (Phi) is 4.91. The molecule has 2 rings (SSSR count). The van der Waals surface area contributed by atoms with Crippen LogP contribution in [0.1, 0.15) is 25.3 Å². The molecule has 5 nitrogen and oxygen atoms in total. The minimum absolute atomic E-state index is 0.00931. The van der Waals surface area contributed by atoms with Gasteiger partial charge in [0.2, 0.25) is 10.0 Å². The highest BCUT2D eigenvalue weighted by Crippen LogP contribution is 2.29. The van der Waals surface area contributed by atoms with Gasteiger partial charge in [0.05, 0.1) is 7.11 Å². The second-order valence-corrected chi connectivity index (χ2v) is 7.77. The van der Waals surface area contributed by atoms with Gasteiger partial charge in [-0.05, 0) is 56.0 Å². The highest BCUT2D eigenvalue weighted by Gasteiger charge is 2.29. The molecule has 1 aliphatic rings. The predicted molar refractivity (Wildman–Crippen MR) is 83.1 cm³/mol. The Morgan fingerprint density at radius 3 is 2.62 bits per heavy atom. The van der Waals surface area contributed by atoms with Crippen LogP contribution in [0.2, 0.25) is 0 Å². The van der Waals surface area contributed by atoms with Crippen LogP contribution in [-0.2, 0) is 10.0 Å². The molecule has 0 atom stereocenters. The van der Waals surface area contributed by atoms with Gasteiger partial charge < -0.3 is 10.1 Å². The zero-order valence-corrected chi connectivity index (χ0v) is 13.7. The van der Waals surface area contributed by atoms with E-state index in [4.69, 9.17) is 4.74 Å². The molecule has 118 valence electrons. The van der Waals surface area contributed by atoms with Gasteiger partial charge in [-0.1, -0.05) is 13.0 Å². The molecule has 0 amide bonds. The van der Waals surface area contributed by atoms with E-state index in [-0.39, 0.29) is 10.3 Å². The van der Waals surface area contributed by atoms with Crippen LogP contribution in [0.5, 0.6) is 5.75 Å². The quantitative estimate of drug-likeness (QED) is 0.868. The van der Waals surface area contributed by atoms with Crippen LogP contribution in [0.4, 0.5) is 0 Å². The zero-order chi connectivity index (χ0) is 15.5. The standard InChI is InChI=1S/C15H24N2O3S/c1-12-4-5-13(20-3)14(10-12)21(18,19)17-11-15(2)6-8-16-9-7-15/h4-5,10,16-17H,6-9,11H2,1-3H3. The molecule has 1 aliphatic heterocycles. The molecule has 0 unspecified atom stereocenters. The topological polar surface area (TPSA) is 67.4 Å². The number of methoxy groups -OCH3 is 1. The van der Waals surface area contributed by atoms with E-state index in [1.807, 2.05) is 13.0 Å². The summed E-state index contributed by atoms with van der Waals surface area (Å²) in [6.07, 6.45) is 1.95. The van der Waals surface area contributed by atoms with Gasteiger partial charge in [0.1, 0.15) is 10.6 Å². The van der Waals surface area contributed by atoms with E-state index in [0.717, 1.165) is 31.5 Å².